The van der Waals surface area contributed by atoms with E-state index in [2.05, 4.69) is 29.4 Å². The van der Waals surface area contributed by atoms with Crippen LogP contribution in [-0.2, 0) is 32.1 Å². The van der Waals surface area contributed by atoms with Crippen LogP contribution in [0.15, 0.2) is 0 Å². The number of carboxylic acids is 2. The van der Waals surface area contributed by atoms with E-state index < -0.39 is 24.3 Å². The Labute approximate surface area is 202 Å². The fourth-order valence-corrected chi connectivity index (χ4v) is 3.21. The lowest BCUT2D eigenvalue weighted by Gasteiger charge is -2.30. The standard InChI is InChI=1S/C16H26N4O2.2C2HF3O2/c1-3-11(2)16-13-10-20(6-4-14(13)18-19-16)15(21)8-12-9-17-5-7-22-12;2*3-2(4,5)1(6)7/h11-12,17H,3-10H2,1-2H3,(H,18,19);2*(H,6,7). The lowest BCUT2D eigenvalue weighted by Crippen LogP contribution is -2.43. The first kappa shape index (κ1) is 31.2. The van der Waals surface area contributed by atoms with Crippen LogP contribution in [0.2, 0.25) is 0 Å². The number of carbonyl (C=O) groups is 3. The average Bonchev–Trinajstić information content (AvgIpc) is 3.22. The third-order valence-corrected chi connectivity index (χ3v) is 5.29. The third kappa shape index (κ3) is 10.0. The highest BCUT2D eigenvalue weighted by atomic mass is 19.4. The van der Waals surface area contributed by atoms with Crippen molar-refractivity contribution in [3.05, 3.63) is 17.0 Å². The van der Waals surface area contributed by atoms with Crippen molar-refractivity contribution in [3.63, 3.8) is 0 Å². The third-order valence-electron chi connectivity index (χ3n) is 5.29. The zero-order valence-corrected chi connectivity index (χ0v) is 19.5. The molecule has 0 spiro atoms. The lowest BCUT2D eigenvalue weighted by atomic mass is 9.96. The van der Waals surface area contributed by atoms with Crippen molar-refractivity contribution < 1.29 is 55.7 Å². The van der Waals surface area contributed by atoms with Crippen LogP contribution in [-0.4, -0.2) is 87.9 Å². The minimum absolute atomic E-state index is 0.0148. The number of ether oxygens (including phenoxy) is 1. The Bertz CT molecular complexity index is 859. The zero-order valence-electron chi connectivity index (χ0n) is 19.5. The number of hydrogen-bond donors (Lipinski definition) is 4. The van der Waals surface area contributed by atoms with Gasteiger partial charge in [0.2, 0.25) is 5.91 Å². The lowest BCUT2D eigenvalue weighted by molar-refractivity contribution is -0.193. The maximum absolute atomic E-state index is 12.5. The second kappa shape index (κ2) is 13.4. The number of rotatable bonds is 4. The van der Waals surface area contributed by atoms with Crippen LogP contribution in [0.1, 0.15) is 49.6 Å². The van der Waals surface area contributed by atoms with E-state index in [1.165, 1.54) is 11.3 Å². The number of alkyl halides is 6. The van der Waals surface area contributed by atoms with Crippen LogP contribution in [0.25, 0.3) is 0 Å². The zero-order chi connectivity index (χ0) is 27.7. The van der Waals surface area contributed by atoms with E-state index in [0.29, 0.717) is 25.5 Å². The van der Waals surface area contributed by atoms with E-state index in [1.807, 2.05) is 4.90 Å². The number of amides is 1. The number of halogens is 6. The second-order valence-electron chi connectivity index (χ2n) is 7.95. The molecule has 10 nitrogen and oxygen atoms in total. The monoisotopic (exact) mass is 534 g/mol. The number of aromatic amines is 1. The number of aromatic nitrogens is 2. The number of nitrogens with one attached hydrogen (secondary N) is 2. The first-order valence-electron chi connectivity index (χ1n) is 10.8. The second-order valence-corrected chi connectivity index (χ2v) is 7.95. The molecule has 1 aromatic heterocycles. The molecule has 2 aliphatic heterocycles. The highest BCUT2D eigenvalue weighted by molar-refractivity contribution is 5.77. The molecule has 16 heteroatoms. The van der Waals surface area contributed by atoms with Gasteiger partial charge in [-0.15, -0.1) is 0 Å². The largest absolute Gasteiger partial charge is 0.490 e. The number of aliphatic carboxylic acids is 2. The number of morpholine rings is 1. The topological polar surface area (TPSA) is 145 Å². The van der Waals surface area contributed by atoms with Gasteiger partial charge in [0.15, 0.2) is 0 Å². The minimum atomic E-state index is -5.08. The predicted molar refractivity (Wildman–Crippen MR) is 111 cm³/mol. The number of H-pyrrole nitrogens is 1. The Balaban J connectivity index is 0.000000383. The van der Waals surface area contributed by atoms with Crippen molar-refractivity contribution in [3.8, 4) is 0 Å². The summed E-state index contributed by atoms with van der Waals surface area (Å²) in [5.74, 6) is -4.89. The normalized spacial score (nSPS) is 18.6. The van der Waals surface area contributed by atoms with E-state index in [-0.39, 0.29) is 12.0 Å². The van der Waals surface area contributed by atoms with Gasteiger partial charge in [0.05, 0.1) is 24.8 Å². The SMILES string of the molecule is CCC(C)c1n[nH]c2c1CN(C(=O)CC1CNCCO1)CC2.O=C(O)C(F)(F)F.O=C(O)C(F)(F)F. The van der Waals surface area contributed by atoms with Crippen molar-refractivity contribution >= 4 is 17.8 Å². The molecule has 0 saturated carbocycles. The first-order chi connectivity index (χ1) is 16.6. The summed E-state index contributed by atoms with van der Waals surface area (Å²) in [6.07, 6.45) is -7.75. The van der Waals surface area contributed by atoms with Crippen molar-refractivity contribution in [2.24, 2.45) is 0 Å². The molecule has 0 radical (unpaired) electrons. The van der Waals surface area contributed by atoms with Gasteiger partial charge >= 0.3 is 24.3 Å². The van der Waals surface area contributed by atoms with E-state index >= 15 is 0 Å². The molecule has 1 fully saturated rings. The summed E-state index contributed by atoms with van der Waals surface area (Å²) in [5, 5.41) is 25.2. The first-order valence-corrected chi connectivity index (χ1v) is 10.8. The molecule has 2 atom stereocenters. The van der Waals surface area contributed by atoms with Gasteiger partial charge in [-0.1, -0.05) is 13.8 Å². The Kier molecular flexibility index (Phi) is 11.6. The summed E-state index contributed by atoms with van der Waals surface area (Å²) < 4.78 is 69.1. The van der Waals surface area contributed by atoms with Crippen molar-refractivity contribution in [2.75, 3.05) is 26.2 Å². The summed E-state index contributed by atoms with van der Waals surface area (Å²) in [4.78, 5) is 32.3. The number of carboxylic acid groups (broad SMARTS) is 2. The Morgan fingerprint density at radius 1 is 1.14 bits per heavy atom. The molecule has 2 aliphatic rings. The van der Waals surface area contributed by atoms with Gasteiger partial charge in [-0.3, -0.25) is 9.89 Å². The van der Waals surface area contributed by atoms with Gasteiger partial charge in [-0.2, -0.15) is 31.4 Å². The number of nitrogens with zero attached hydrogens (tertiary/aromatic N) is 2. The highest BCUT2D eigenvalue weighted by Gasteiger charge is 2.39. The van der Waals surface area contributed by atoms with E-state index in [4.69, 9.17) is 24.5 Å². The smallest absolute Gasteiger partial charge is 0.475 e. The minimum Gasteiger partial charge on any atom is -0.475 e. The van der Waals surface area contributed by atoms with Crippen molar-refractivity contribution in [1.82, 2.24) is 20.4 Å². The van der Waals surface area contributed by atoms with Gasteiger partial charge in [0.25, 0.3) is 0 Å². The summed E-state index contributed by atoms with van der Waals surface area (Å²) in [6.45, 7) is 8.17. The van der Waals surface area contributed by atoms with Crippen molar-refractivity contribution in [1.29, 1.82) is 0 Å². The molecule has 0 aliphatic carbocycles. The maximum atomic E-state index is 12.5. The van der Waals surface area contributed by atoms with E-state index in [0.717, 1.165) is 38.2 Å². The van der Waals surface area contributed by atoms with E-state index in [9.17, 15) is 31.1 Å². The fourth-order valence-electron chi connectivity index (χ4n) is 3.21. The highest BCUT2D eigenvalue weighted by Crippen LogP contribution is 2.27. The molecule has 3 heterocycles. The molecule has 4 N–H and O–H groups in total. The van der Waals surface area contributed by atoms with Gasteiger partial charge in [0, 0.05) is 49.8 Å². The van der Waals surface area contributed by atoms with Crippen LogP contribution in [0.4, 0.5) is 26.3 Å². The van der Waals surface area contributed by atoms with Crippen LogP contribution < -0.4 is 5.32 Å². The van der Waals surface area contributed by atoms with Crippen LogP contribution in [0, 0.1) is 0 Å². The summed E-state index contributed by atoms with van der Waals surface area (Å²) in [7, 11) is 0. The summed E-state index contributed by atoms with van der Waals surface area (Å²) >= 11 is 0. The van der Waals surface area contributed by atoms with Gasteiger partial charge in [-0.25, -0.2) is 9.59 Å². The van der Waals surface area contributed by atoms with Gasteiger partial charge < -0.3 is 25.2 Å². The molecular formula is C20H28F6N4O6. The molecule has 0 aromatic carbocycles. The molecule has 36 heavy (non-hydrogen) atoms. The quantitative estimate of drug-likeness (QED) is 0.431. The molecule has 2 unspecified atom stereocenters. The molecule has 1 saturated heterocycles. The average molecular weight is 534 g/mol. The molecule has 0 bridgehead atoms. The van der Waals surface area contributed by atoms with Gasteiger partial charge in [-0.05, 0) is 6.42 Å². The molecule has 1 amide bonds. The molecule has 206 valence electrons. The van der Waals surface area contributed by atoms with Crippen molar-refractivity contribution in [2.45, 2.75) is 64.0 Å². The van der Waals surface area contributed by atoms with Crippen LogP contribution in [0.3, 0.4) is 0 Å². The summed E-state index contributed by atoms with van der Waals surface area (Å²) in [5.41, 5.74) is 3.57. The van der Waals surface area contributed by atoms with E-state index in [1.54, 1.807) is 0 Å². The number of carbonyl (C=O) groups excluding carboxylic acids is 1. The molecular weight excluding hydrogens is 506 g/mol. The van der Waals surface area contributed by atoms with Gasteiger partial charge in [0.1, 0.15) is 0 Å². The Morgan fingerprint density at radius 3 is 2.14 bits per heavy atom. The summed E-state index contributed by atoms with van der Waals surface area (Å²) in [6, 6.07) is 0. The Hall–Kier alpha value is -2.88. The van der Waals surface area contributed by atoms with Crippen LogP contribution in [0.5, 0.6) is 0 Å². The predicted octanol–water partition coefficient (Wildman–Crippen LogP) is 2.45. The maximum Gasteiger partial charge on any atom is 0.490 e. The Morgan fingerprint density at radius 2 is 1.69 bits per heavy atom. The number of hydrogen-bond acceptors (Lipinski definition) is 6. The number of fused-ring (bicyclic) bond motifs is 1. The molecule has 1 aromatic rings. The van der Waals surface area contributed by atoms with Crippen LogP contribution >= 0.6 is 0 Å². The molecule has 3 rings (SSSR count). The fraction of sp³-hybridized carbons (Fsp3) is 0.700.